The standard InChI is InChI=1S/C27H23ClN6O4/c1-2-37-27(36)24-23-22(15-3-6-17(35)7-4-15)19(14-29)25(30)38-26(23)34(33-24)12-11-32-20-9-10-31-21-13-16(28)5-8-18(20)21/h3-10,13,22,35H,2,11-12,30H2,1H3,(H,31,32). The molecule has 0 amide bonds. The van der Waals surface area contributed by atoms with Crippen LogP contribution in [0.3, 0.4) is 0 Å². The minimum Gasteiger partial charge on any atom is -0.508 e. The summed E-state index contributed by atoms with van der Waals surface area (Å²) in [6.45, 7) is 2.57. The molecule has 192 valence electrons. The number of nitrogens with one attached hydrogen (secondary N) is 1. The number of ether oxygens (including phenoxy) is 2. The number of phenolic OH excluding ortho intramolecular Hbond substituents is 1. The van der Waals surface area contributed by atoms with E-state index in [1.807, 2.05) is 12.1 Å². The van der Waals surface area contributed by atoms with Gasteiger partial charge in [-0.2, -0.15) is 10.4 Å². The second-order valence-corrected chi connectivity index (χ2v) is 8.91. The van der Waals surface area contributed by atoms with Gasteiger partial charge in [0.1, 0.15) is 17.4 Å². The third-order valence-electron chi connectivity index (χ3n) is 6.15. The van der Waals surface area contributed by atoms with E-state index in [1.54, 1.807) is 37.4 Å². The lowest BCUT2D eigenvalue weighted by molar-refractivity contribution is 0.0517. The number of aromatic hydroxyl groups is 1. The summed E-state index contributed by atoms with van der Waals surface area (Å²) < 4.78 is 12.7. The number of carbonyl (C=O) groups is 1. The zero-order valence-electron chi connectivity index (χ0n) is 20.3. The van der Waals surface area contributed by atoms with Crippen molar-refractivity contribution in [1.29, 1.82) is 5.26 Å². The molecule has 4 aromatic rings. The van der Waals surface area contributed by atoms with Gasteiger partial charge in [-0.25, -0.2) is 9.48 Å². The fraction of sp³-hybridized carbons (Fsp3) is 0.185. The number of aromatic nitrogens is 3. The minimum absolute atomic E-state index is 0.0316. The molecular weight excluding hydrogens is 508 g/mol. The third kappa shape index (κ3) is 4.55. The molecule has 0 saturated carbocycles. The summed E-state index contributed by atoms with van der Waals surface area (Å²) in [6.07, 6.45) is 1.69. The van der Waals surface area contributed by atoms with E-state index in [4.69, 9.17) is 26.8 Å². The normalized spacial score (nSPS) is 14.5. The Labute approximate surface area is 222 Å². The van der Waals surface area contributed by atoms with Gasteiger partial charge in [0.25, 0.3) is 0 Å². The Bertz CT molecular complexity index is 1610. The molecule has 38 heavy (non-hydrogen) atoms. The number of nitrogens with two attached hydrogens (primary N) is 1. The number of anilines is 1. The number of esters is 1. The number of pyridine rings is 1. The summed E-state index contributed by atoms with van der Waals surface area (Å²) in [5, 5.41) is 29.1. The topological polar surface area (TPSA) is 148 Å². The molecule has 5 rings (SSSR count). The maximum atomic E-state index is 12.9. The average molecular weight is 531 g/mol. The summed E-state index contributed by atoms with van der Waals surface area (Å²) >= 11 is 6.10. The summed E-state index contributed by atoms with van der Waals surface area (Å²) in [6, 6.07) is 15.8. The molecule has 0 spiro atoms. The largest absolute Gasteiger partial charge is 0.508 e. The number of benzene rings is 2. The number of rotatable bonds is 7. The first-order chi connectivity index (χ1) is 18.4. The fourth-order valence-electron chi connectivity index (χ4n) is 4.47. The quantitative estimate of drug-likeness (QED) is 0.297. The molecule has 0 aliphatic carbocycles. The molecule has 0 radical (unpaired) electrons. The van der Waals surface area contributed by atoms with Crippen molar-refractivity contribution in [2.75, 3.05) is 18.5 Å². The van der Waals surface area contributed by atoms with Gasteiger partial charge in [0.05, 0.1) is 30.1 Å². The van der Waals surface area contributed by atoms with Crippen LogP contribution in [0.4, 0.5) is 5.69 Å². The van der Waals surface area contributed by atoms with Gasteiger partial charge in [0, 0.05) is 28.8 Å². The smallest absolute Gasteiger partial charge is 0.359 e. The highest BCUT2D eigenvalue weighted by Gasteiger charge is 2.39. The Morgan fingerprint density at radius 1 is 1.29 bits per heavy atom. The number of phenols is 1. The maximum Gasteiger partial charge on any atom is 0.359 e. The second-order valence-electron chi connectivity index (χ2n) is 8.47. The van der Waals surface area contributed by atoms with Crippen LogP contribution in [-0.2, 0) is 11.3 Å². The first kappa shape index (κ1) is 24.9. The number of fused-ring (bicyclic) bond motifs is 2. The minimum atomic E-state index is -0.737. The van der Waals surface area contributed by atoms with Crippen LogP contribution in [0.5, 0.6) is 11.6 Å². The van der Waals surface area contributed by atoms with Gasteiger partial charge in [-0.1, -0.05) is 23.7 Å². The monoisotopic (exact) mass is 530 g/mol. The average Bonchev–Trinajstić information content (AvgIpc) is 3.26. The van der Waals surface area contributed by atoms with Crippen molar-refractivity contribution >= 4 is 34.2 Å². The van der Waals surface area contributed by atoms with Crippen LogP contribution in [0, 0.1) is 11.3 Å². The summed E-state index contributed by atoms with van der Waals surface area (Å²) in [4.78, 5) is 17.3. The van der Waals surface area contributed by atoms with Gasteiger partial charge in [0.2, 0.25) is 11.8 Å². The van der Waals surface area contributed by atoms with Crippen LogP contribution in [0.25, 0.3) is 10.9 Å². The van der Waals surface area contributed by atoms with E-state index < -0.39 is 11.9 Å². The van der Waals surface area contributed by atoms with E-state index in [0.717, 1.165) is 16.6 Å². The number of halogens is 1. The van der Waals surface area contributed by atoms with Crippen molar-refractivity contribution < 1.29 is 19.4 Å². The van der Waals surface area contributed by atoms with E-state index in [2.05, 4.69) is 21.5 Å². The number of nitriles is 1. The Kier molecular flexibility index (Phi) is 6.77. The van der Waals surface area contributed by atoms with E-state index in [9.17, 15) is 15.2 Å². The van der Waals surface area contributed by atoms with Crippen molar-refractivity contribution in [1.82, 2.24) is 14.8 Å². The van der Waals surface area contributed by atoms with Crippen LogP contribution in [-0.4, -0.2) is 39.0 Å². The Morgan fingerprint density at radius 2 is 2.08 bits per heavy atom. The van der Waals surface area contributed by atoms with Gasteiger partial charge in [0.15, 0.2) is 5.69 Å². The van der Waals surface area contributed by atoms with E-state index in [0.29, 0.717) is 29.2 Å². The molecule has 11 heteroatoms. The Hall–Kier alpha value is -4.75. The molecule has 1 aliphatic heterocycles. The predicted octanol–water partition coefficient (Wildman–Crippen LogP) is 4.30. The van der Waals surface area contributed by atoms with Crippen LogP contribution in [0.1, 0.15) is 34.5 Å². The molecule has 1 unspecified atom stereocenters. The van der Waals surface area contributed by atoms with Crippen LogP contribution in [0.15, 0.2) is 66.2 Å². The summed E-state index contributed by atoms with van der Waals surface area (Å²) in [7, 11) is 0. The first-order valence-electron chi connectivity index (χ1n) is 11.8. The molecule has 1 aliphatic rings. The molecule has 3 heterocycles. The van der Waals surface area contributed by atoms with Gasteiger partial charge in [-0.15, -0.1) is 0 Å². The van der Waals surface area contributed by atoms with Crippen molar-refractivity contribution in [2.24, 2.45) is 5.73 Å². The highest BCUT2D eigenvalue weighted by atomic mass is 35.5. The number of carbonyl (C=O) groups excluding carboxylic acids is 1. The number of hydrogen-bond acceptors (Lipinski definition) is 9. The highest BCUT2D eigenvalue weighted by Crippen LogP contribution is 2.44. The third-order valence-corrected chi connectivity index (χ3v) is 6.38. The lowest BCUT2D eigenvalue weighted by Gasteiger charge is -2.25. The van der Waals surface area contributed by atoms with Crippen molar-refractivity contribution in [3.8, 4) is 17.7 Å². The molecule has 2 aromatic carbocycles. The van der Waals surface area contributed by atoms with Gasteiger partial charge >= 0.3 is 5.97 Å². The van der Waals surface area contributed by atoms with Crippen LogP contribution >= 0.6 is 11.6 Å². The van der Waals surface area contributed by atoms with Gasteiger partial charge < -0.3 is 25.6 Å². The lowest BCUT2D eigenvalue weighted by Crippen LogP contribution is -2.23. The van der Waals surface area contributed by atoms with E-state index in [1.165, 1.54) is 16.8 Å². The van der Waals surface area contributed by atoms with E-state index >= 15 is 0 Å². The SMILES string of the molecule is CCOC(=O)c1nn(CCNc2ccnc3cc(Cl)ccc23)c2c1C(c1ccc(O)cc1)C(C#N)=C(N)O2. The van der Waals surface area contributed by atoms with Gasteiger partial charge in [-0.05, 0) is 48.9 Å². The molecule has 0 fully saturated rings. The highest BCUT2D eigenvalue weighted by molar-refractivity contribution is 6.31. The molecule has 4 N–H and O–H groups in total. The molecular formula is C27H23ClN6O4. The van der Waals surface area contributed by atoms with Crippen molar-refractivity contribution in [2.45, 2.75) is 19.4 Å². The Morgan fingerprint density at radius 3 is 2.82 bits per heavy atom. The Balaban J connectivity index is 1.52. The number of allylic oxidation sites excluding steroid dienone is 1. The zero-order chi connectivity index (χ0) is 26.8. The molecule has 10 nitrogen and oxygen atoms in total. The summed E-state index contributed by atoms with van der Waals surface area (Å²) in [5.41, 5.74) is 8.95. The van der Waals surface area contributed by atoms with Crippen LogP contribution in [0.2, 0.25) is 5.02 Å². The molecule has 2 aromatic heterocycles. The van der Waals surface area contributed by atoms with Crippen molar-refractivity contribution in [3.05, 3.63) is 88.0 Å². The lowest BCUT2D eigenvalue weighted by atomic mass is 9.84. The molecule has 0 bridgehead atoms. The van der Waals surface area contributed by atoms with Crippen LogP contribution < -0.4 is 15.8 Å². The fourth-order valence-corrected chi connectivity index (χ4v) is 4.63. The maximum absolute atomic E-state index is 12.9. The van der Waals surface area contributed by atoms with Gasteiger partial charge in [-0.3, -0.25) is 4.98 Å². The number of hydrogen-bond donors (Lipinski definition) is 3. The second kappa shape index (κ2) is 10.3. The zero-order valence-corrected chi connectivity index (χ0v) is 21.1. The first-order valence-corrected chi connectivity index (χ1v) is 12.2. The molecule has 0 saturated heterocycles. The van der Waals surface area contributed by atoms with E-state index in [-0.39, 0.29) is 35.4 Å². The summed E-state index contributed by atoms with van der Waals surface area (Å²) in [5.74, 6) is -1.15. The number of nitrogens with zero attached hydrogens (tertiary/aromatic N) is 4. The van der Waals surface area contributed by atoms with Crippen molar-refractivity contribution in [3.63, 3.8) is 0 Å². The predicted molar refractivity (Wildman–Crippen MR) is 141 cm³/mol. The molecule has 1 atom stereocenters.